The Kier molecular flexibility index (Phi) is 7.02. The molecule has 0 saturated heterocycles. The van der Waals surface area contributed by atoms with E-state index in [1.165, 1.54) is 10.6 Å². The Morgan fingerprint density at radius 1 is 0.973 bits per heavy atom. The first-order valence-electron chi connectivity index (χ1n) is 12.5. The quantitative estimate of drug-likeness (QED) is 0.310. The molecule has 188 valence electrons. The summed E-state index contributed by atoms with van der Waals surface area (Å²) in [5.41, 5.74) is 5.25. The van der Waals surface area contributed by atoms with Crippen LogP contribution in [0.3, 0.4) is 0 Å². The standard InChI is InChI=1S/C28H28FN7O/c1-3-7-21-9-5-11-24(29)26(21)36-18-22(8-4-2)35(28(36)37)17-19-12-14-20(15-13-19)25-23(10-6-16-30-25)27-31-33-34-32-27/h5-6,9-16,18H,3-4,7-8,17H2,1-2H3,(H,31,32,33,34). The van der Waals surface area contributed by atoms with E-state index >= 15 is 0 Å². The summed E-state index contributed by atoms with van der Waals surface area (Å²) in [7, 11) is 0. The summed E-state index contributed by atoms with van der Waals surface area (Å²) in [5.74, 6) is 0.158. The number of benzene rings is 2. The molecule has 1 N–H and O–H groups in total. The van der Waals surface area contributed by atoms with Gasteiger partial charge in [0.1, 0.15) is 5.82 Å². The van der Waals surface area contributed by atoms with Crippen molar-refractivity contribution in [1.82, 2.24) is 34.7 Å². The van der Waals surface area contributed by atoms with Crippen LogP contribution in [0.2, 0.25) is 0 Å². The van der Waals surface area contributed by atoms with Gasteiger partial charge in [0, 0.05) is 29.2 Å². The smallest absolute Gasteiger partial charge is 0.292 e. The number of tetrazole rings is 1. The van der Waals surface area contributed by atoms with E-state index in [1.54, 1.807) is 23.0 Å². The second-order valence-electron chi connectivity index (χ2n) is 8.95. The lowest BCUT2D eigenvalue weighted by Gasteiger charge is -2.10. The molecule has 0 unspecified atom stereocenters. The largest absolute Gasteiger partial charge is 0.333 e. The number of aromatic amines is 1. The zero-order valence-electron chi connectivity index (χ0n) is 20.9. The molecule has 2 aromatic carbocycles. The van der Waals surface area contributed by atoms with Gasteiger partial charge in [-0.1, -0.05) is 63.1 Å². The molecule has 5 aromatic rings. The fourth-order valence-electron chi connectivity index (χ4n) is 4.66. The molecule has 0 aliphatic heterocycles. The summed E-state index contributed by atoms with van der Waals surface area (Å²) in [6.07, 6.45) is 6.69. The van der Waals surface area contributed by atoms with Crippen LogP contribution in [0.5, 0.6) is 0 Å². The summed E-state index contributed by atoms with van der Waals surface area (Å²) >= 11 is 0. The molecule has 0 aliphatic carbocycles. The fraction of sp³-hybridized carbons (Fsp3) is 0.250. The minimum Gasteiger partial charge on any atom is -0.292 e. The van der Waals surface area contributed by atoms with E-state index in [1.807, 2.05) is 49.4 Å². The van der Waals surface area contributed by atoms with Gasteiger partial charge in [-0.15, -0.1) is 5.10 Å². The Labute approximate surface area is 213 Å². The number of nitrogens with zero attached hydrogens (tertiary/aromatic N) is 6. The number of imidazole rings is 1. The summed E-state index contributed by atoms with van der Waals surface area (Å²) in [6, 6.07) is 16.7. The van der Waals surface area contributed by atoms with Gasteiger partial charge in [-0.3, -0.25) is 14.1 Å². The van der Waals surface area contributed by atoms with Crippen molar-refractivity contribution in [2.45, 2.75) is 46.1 Å². The summed E-state index contributed by atoms with van der Waals surface area (Å²) in [5, 5.41) is 14.1. The van der Waals surface area contributed by atoms with Gasteiger partial charge in [0.05, 0.1) is 17.9 Å². The van der Waals surface area contributed by atoms with E-state index in [9.17, 15) is 9.18 Å². The van der Waals surface area contributed by atoms with Crippen LogP contribution >= 0.6 is 0 Å². The van der Waals surface area contributed by atoms with Gasteiger partial charge < -0.3 is 0 Å². The number of para-hydroxylation sites is 1. The van der Waals surface area contributed by atoms with Crippen molar-refractivity contribution in [3.63, 3.8) is 0 Å². The number of nitrogens with one attached hydrogen (secondary N) is 1. The van der Waals surface area contributed by atoms with Gasteiger partial charge in [0.25, 0.3) is 0 Å². The lowest BCUT2D eigenvalue weighted by molar-refractivity contribution is 0.609. The van der Waals surface area contributed by atoms with Crippen LogP contribution < -0.4 is 5.69 Å². The van der Waals surface area contributed by atoms with E-state index in [0.29, 0.717) is 24.5 Å². The number of halogens is 1. The van der Waals surface area contributed by atoms with Crippen molar-refractivity contribution < 1.29 is 4.39 Å². The second-order valence-corrected chi connectivity index (χ2v) is 8.95. The third-order valence-corrected chi connectivity index (χ3v) is 6.37. The highest BCUT2D eigenvalue weighted by atomic mass is 19.1. The van der Waals surface area contributed by atoms with Crippen molar-refractivity contribution in [2.24, 2.45) is 0 Å². The van der Waals surface area contributed by atoms with Gasteiger partial charge >= 0.3 is 5.69 Å². The maximum absolute atomic E-state index is 14.9. The predicted molar refractivity (Wildman–Crippen MR) is 140 cm³/mol. The number of aryl methyl sites for hydroxylation is 2. The zero-order chi connectivity index (χ0) is 25.8. The number of H-pyrrole nitrogens is 1. The average molecular weight is 498 g/mol. The summed E-state index contributed by atoms with van der Waals surface area (Å²) in [4.78, 5) is 18.1. The van der Waals surface area contributed by atoms with Crippen molar-refractivity contribution in [3.8, 4) is 28.3 Å². The van der Waals surface area contributed by atoms with Gasteiger partial charge in [-0.25, -0.2) is 14.3 Å². The van der Waals surface area contributed by atoms with E-state index in [4.69, 9.17) is 0 Å². The van der Waals surface area contributed by atoms with Crippen LogP contribution in [0.4, 0.5) is 4.39 Å². The minimum absolute atomic E-state index is 0.236. The molecule has 0 aliphatic rings. The molecule has 5 rings (SSSR count). The van der Waals surface area contributed by atoms with Crippen molar-refractivity contribution in [3.05, 3.63) is 100 Å². The van der Waals surface area contributed by atoms with E-state index < -0.39 is 0 Å². The molecule has 3 heterocycles. The predicted octanol–water partition coefficient (Wildman–Crippen LogP) is 4.97. The molecule has 0 saturated carbocycles. The van der Waals surface area contributed by atoms with Gasteiger partial charge in [-0.05, 0) is 52.6 Å². The van der Waals surface area contributed by atoms with Crippen LogP contribution in [-0.2, 0) is 19.4 Å². The van der Waals surface area contributed by atoms with Crippen LogP contribution in [0.25, 0.3) is 28.3 Å². The Balaban J connectivity index is 1.49. The third kappa shape index (κ3) is 4.84. The molecule has 0 bridgehead atoms. The van der Waals surface area contributed by atoms with Gasteiger partial charge in [-0.2, -0.15) is 0 Å². The Bertz CT molecular complexity index is 1550. The molecule has 9 heteroatoms. The summed E-state index contributed by atoms with van der Waals surface area (Å²) in [6.45, 7) is 4.51. The molecule has 37 heavy (non-hydrogen) atoms. The lowest BCUT2D eigenvalue weighted by atomic mass is 10.0. The molecule has 0 atom stereocenters. The highest BCUT2D eigenvalue weighted by molar-refractivity contribution is 5.76. The number of hydrogen-bond donors (Lipinski definition) is 1. The first kappa shape index (κ1) is 24.3. The highest BCUT2D eigenvalue weighted by Gasteiger charge is 2.18. The normalized spacial score (nSPS) is 11.2. The monoisotopic (exact) mass is 497 g/mol. The zero-order valence-corrected chi connectivity index (χ0v) is 20.9. The van der Waals surface area contributed by atoms with Crippen molar-refractivity contribution in [1.29, 1.82) is 0 Å². The molecule has 0 amide bonds. The number of aromatic nitrogens is 7. The van der Waals surface area contributed by atoms with Gasteiger partial charge in [0.2, 0.25) is 0 Å². The molecule has 0 fully saturated rings. The first-order valence-corrected chi connectivity index (χ1v) is 12.5. The Morgan fingerprint density at radius 2 is 1.78 bits per heavy atom. The fourth-order valence-corrected chi connectivity index (χ4v) is 4.66. The lowest BCUT2D eigenvalue weighted by Crippen LogP contribution is -2.26. The van der Waals surface area contributed by atoms with Crippen LogP contribution in [-0.4, -0.2) is 34.7 Å². The van der Waals surface area contributed by atoms with E-state index in [0.717, 1.165) is 52.9 Å². The number of hydrogen-bond acceptors (Lipinski definition) is 5. The molecule has 8 nitrogen and oxygen atoms in total. The second kappa shape index (κ2) is 10.7. The average Bonchev–Trinajstić information content (AvgIpc) is 3.55. The Hall–Kier alpha value is -4.40. The maximum atomic E-state index is 14.9. The molecule has 0 radical (unpaired) electrons. The molecular weight excluding hydrogens is 469 g/mol. The Morgan fingerprint density at radius 3 is 2.51 bits per heavy atom. The number of pyridine rings is 1. The van der Waals surface area contributed by atoms with Crippen LogP contribution in [0.1, 0.15) is 43.5 Å². The topological polar surface area (TPSA) is 94.3 Å². The summed E-state index contributed by atoms with van der Waals surface area (Å²) < 4.78 is 18.2. The SMILES string of the molecule is CCCc1cccc(F)c1-n1cc(CCC)n(Cc2ccc(-c3ncccc3-c3nnn[nH]3)cc2)c1=O. The minimum atomic E-state index is -0.384. The van der Waals surface area contributed by atoms with Crippen LogP contribution in [0, 0.1) is 5.82 Å². The van der Waals surface area contributed by atoms with Crippen molar-refractivity contribution in [2.75, 3.05) is 0 Å². The van der Waals surface area contributed by atoms with E-state index in [-0.39, 0.29) is 11.5 Å². The maximum Gasteiger partial charge on any atom is 0.333 e. The highest BCUT2D eigenvalue weighted by Crippen LogP contribution is 2.28. The first-order chi connectivity index (χ1) is 18.1. The third-order valence-electron chi connectivity index (χ3n) is 6.37. The molecule has 0 spiro atoms. The number of rotatable bonds is 9. The van der Waals surface area contributed by atoms with Crippen molar-refractivity contribution >= 4 is 0 Å². The van der Waals surface area contributed by atoms with E-state index in [2.05, 4.69) is 32.5 Å². The van der Waals surface area contributed by atoms with Gasteiger partial charge in [0.15, 0.2) is 5.82 Å². The van der Waals surface area contributed by atoms with Crippen LogP contribution in [0.15, 0.2) is 71.8 Å². The molecule has 3 aromatic heterocycles. The molecular formula is C28H28FN7O.